The lowest BCUT2D eigenvalue weighted by Gasteiger charge is -2.32. The van der Waals surface area contributed by atoms with Crippen molar-refractivity contribution >= 4 is 33.9 Å². The molecule has 0 saturated carbocycles. The van der Waals surface area contributed by atoms with Crippen LogP contribution in [0.1, 0.15) is 23.6 Å². The zero-order valence-electron chi connectivity index (χ0n) is 14.7. The van der Waals surface area contributed by atoms with Crippen molar-refractivity contribution in [2.75, 3.05) is 0 Å². The summed E-state index contributed by atoms with van der Waals surface area (Å²) in [6, 6.07) is 11.4. The Hall–Kier alpha value is -3.19. The van der Waals surface area contributed by atoms with Crippen molar-refractivity contribution in [2.45, 2.75) is 25.7 Å². The average Bonchev–Trinajstić information content (AvgIpc) is 3.01. The molecule has 2 aliphatic heterocycles. The fraction of sp³-hybridized carbons (Fsp3) is 0.200. The van der Waals surface area contributed by atoms with Crippen molar-refractivity contribution < 1.29 is 19.1 Å². The molecule has 0 fully saturated rings. The van der Waals surface area contributed by atoms with Crippen molar-refractivity contribution in [2.24, 2.45) is 0 Å². The standard InChI is InChI=1S/C20H13ClN2O5/c1-20(28-19(21)26)13-7-15-16-11(6-10-4-2-3-5-14(10)22-16)8-23(15)17(24)12(13)9-27-18(20)25/h2-7H,8-9H2,1H3/t20-/m0/s1. The number of para-hydroxylation sites is 1. The van der Waals surface area contributed by atoms with Gasteiger partial charge < -0.3 is 14.0 Å². The van der Waals surface area contributed by atoms with E-state index in [9.17, 15) is 14.4 Å². The molecule has 1 aromatic carbocycles. The van der Waals surface area contributed by atoms with E-state index in [-0.39, 0.29) is 23.3 Å². The molecule has 0 bridgehead atoms. The van der Waals surface area contributed by atoms with Gasteiger partial charge in [-0.25, -0.2) is 14.6 Å². The number of cyclic esters (lactones) is 1. The predicted molar refractivity (Wildman–Crippen MR) is 100 cm³/mol. The van der Waals surface area contributed by atoms with Crippen LogP contribution in [0, 0.1) is 0 Å². The molecule has 0 aliphatic carbocycles. The molecule has 8 heteroatoms. The number of nitrogens with zero attached hydrogens (tertiary/aromatic N) is 2. The Labute approximate surface area is 163 Å². The van der Waals surface area contributed by atoms with Crippen molar-refractivity contribution in [3.8, 4) is 11.4 Å². The number of benzene rings is 1. The molecule has 7 nitrogen and oxygen atoms in total. The van der Waals surface area contributed by atoms with Crippen LogP contribution >= 0.6 is 11.6 Å². The number of rotatable bonds is 1. The second-order valence-corrected chi connectivity index (χ2v) is 7.26. The van der Waals surface area contributed by atoms with Crippen LogP contribution in [-0.2, 0) is 33.0 Å². The van der Waals surface area contributed by atoms with Gasteiger partial charge in [0.1, 0.15) is 6.61 Å². The molecular weight excluding hydrogens is 384 g/mol. The fourth-order valence-corrected chi connectivity index (χ4v) is 4.08. The number of esters is 1. The van der Waals surface area contributed by atoms with E-state index < -0.39 is 17.0 Å². The van der Waals surface area contributed by atoms with Gasteiger partial charge in [0.05, 0.1) is 29.0 Å². The van der Waals surface area contributed by atoms with Gasteiger partial charge in [0.15, 0.2) is 0 Å². The van der Waals surface area contributed by atoms with Gasteiger partial charge in [-0.15, -0.1) is 0 Å². The molecule has 3 aromatic rings. The summed E-state index contributed by atoms with van der Waals surface area (Å²) in [4.78, 5) is 41.6. The highest BCUT2D eigenvalue weighted by atomic mass is 35.5. The Bertz CT molecular complexity index is 1270. The first-order chi connectivity index (χ1) is 13.4. The molecule has 0 unspecified atom stereocenters. The number of ether oxygens (including phenoxy) is 2. The SMILES string of the molecule is C[C@@]1(OC(=O)Cl)C(=O)OCc2c1cc1n(c2=O)Cc2cc3ccccc3nc2-1. The van der Waals surface area contributed by atoms with Crippen molar-refractivity contribution in [3.05, 3.63) is 63.4 Å². The molecule has 0 amide bonds. The highest BCUT2D eigenvalue weighted by Gasteiger charge is 2.47. The van der Waals surface area contributed by atoms with Crippen LogP contribution in [0.3, 0.4) is 0 Å². The van der Waals surface area contributed by atoms with E-state index in [1.54, 1.807) is 10.6 Å². The lowest BCUT2D eigenvalue weighted by Crippen LogP contribution is -2.45. The summed E-state index contributed by atoms with van der Waals surface area (Å²) in [5, 5.41) is 0.978. The summed E-state index contributed by atoms with van der Waals surface area (Å²) in [5.41, 5.74) is 0.221. The van der Waals surface area contributed by atoms with E-state index >= 15 is 0 Å². The Morgan fingerprint density at radius 3 is 2.86 bits per heavy atom. The quantitative estimate of drug-likeness (QED) is 0.363. The van der Waals surface area contributed by atoms with Crippen molar-refractivity contribution in [1.82, 2.24) is 9.55 Å². The number of carbonyl (C=O) groups is 2. The van der Waals surface area contributed by atoms with Gasteiger partial charge in [-0.2, -0.15) is 0 Å². The molecule has 5 rings (SSSR count). The van der Waals surface area contributed by atoms with Crippen LogP contribution in [0.25, 0.3) is 22.3 Å². The van der Waals surface area contributed by atoms with Crippen LogP contribution in [0.15, 0.2) is 41.2 Å². The maximum absolute atomic E-state index is 13.1. The summed E-state index contributed by atoms with van der Waals surface area (Å²) in [6.45, 7) is 1.55. The van der Waals surface area contributed by atoms with Crippen LogP contribution in [0.4, 0.5) is 4.79 Å². The predicted octanol–water partition coefficient (Wildman–Crippen LogP) is 3.07. The minimum Gasteiger partial charge on any atom is -0.457 e. The van der Waals surface area contributed by atoms with E-state index in [4.69, 9.17) is 26.1 Å². The van der Waals surface area contributed by atoms with Gasteiger partial charge in [-0.05, 0) is 25.1 Å². The molecule has 0 spiro atoms. The van der Waals surface area contributed by atoms with Crippen LogP contribution in [0.5, 0.6) is 0 Å². The van der Waals surface area contributed by atoms with E-state index in [1.165, 1.54) is 6.92 Å². The van der Waals surface area contributed by atoms with E-state index in [0.29, 0.717) is 17.9 Å². The zero-order chi connectivity index (χ0) is 19.6. The van der Waals surface area contributed by atoms with Crippen molar-refractivity contribution in [1.29, 1.82) is 0 Å². The molecule has 0 saturated heterocycles. The maximum atomic E-state index is 13.1. The Morgan fingerprint density at radius 1 is 1.29 bits per heavy atom. The first-order valence-electron chi connectivity index (χ1n) is 8.60. The summed E-state index contributed by atoms with van der Waals surface area (Å²) in [7, 11) is 0. The summed E-state index contributed by atoms with van der Waals surface area (Å²) >= 11 is 5.37. The normalized spacial score (nSPS) is 19.6. The summed E-state index contributed by atoms with van der Waals surface area (Å²) < 4.78 is 11.8. The molecule has 0 radical (unpaired) electrons. The second-order valence-electron chi connectivity index (χ2n) is 6.95. The monoisotopic (exact) mass is 396 g/mol. The Balaban J connectivity index is 1.78. The molecule has 1 atom stereocenters. The molecule has 0 N–H and O–H groups in total. The van der Waals surface area contributed by atoms with Crippen LogP contribution in [-0.4, -0.2) is 20.9 Å². The fourth-order valence-electron chi connectivity index (χ4n) is 3.92. The minimum atomic E-state index is -1.79. The first kappa shape index (κ1) is 16.9. The Kier molecular flexibility index (Phi) is 3.42. The van der Waals surface area contributed by atoms with Crippen LogP contribution in [0.2, 0.25) is 0 Å². The zero-order valence-corrected chi connectivity index (χ0v) is 15.4. The molecule has 2 aliphatic rings. The lowest BCUT2D eigenvalue weighted by atomic mass is 9.89. The second kappa shape index (κ2) is 5.65. The lowest BCUT2D eigenvalue weighted by molar-refractivity contribution is -0.168. The highest BCUT2D eigenvalue weighted by molar-refractivity contribution is 6.61. The molecule has 4 heterocycles. The number of fused-ring (bicyclic) bond motifs is 5. The van der Waals surface area contributed by atoms with Gasteiger partial charge >= 0.3 is 11.4 Å². The minimum absolute atomic E-state index is 0.186. The molecule has 140 valence electrons. The van der Waals surface area contributed by atoms with Gasteiger partial charge in [0.2, 0.25) is 5.60 Å². The van der Waals surface area contributed by atoms with Gasteiger partial charge in [-0.1, -0.05) is 18.2 Å². The third-order valence-electron chi connectivity index (χ3n) is 5.31. The number of hydrogen-bond donors (Lipinski definition) is 0. The topological polar surface area (TPSA) is 87.5 Å². The van der Waals surface area contributed by atoms with Crippen LogP contribution < -0.4 is 5.56 Å². The van der Waals surface area contributed by atoms with Gasteiger partial charge in [0, 0.05) is 28.1 Å². The van der Waals surface area contributed by atoms with E-state index in [1.807, 2.05) is 30.3 Å². The number of aromatic nitrogens is 2. The number of halogens is 1. The van der Waals surface area contributed by atoms with Gasteiger partial charge in [-0.3, -0.25) is 4.79 Å². The van der Waals surface area contributed by atoms with E-state index in [2.05, 4.69) is 0 Å². The van der Waals surface area contributed by atoms with E-state index in [0.717, 1.165) is 16.5 Å². The summed E-state index contributed by atoms with van der Waals surface area (Å²) in [5.74, 6) is -0.775. The molecular formula is C20H13ClN2O5. The number of pyridine rings is 2. The summed E-state index contributed by atoms with van der Waals surface area (Å²) in [6.07, 6.45) is 0. The Morgan fingerprint density at radius 2 is 2.07 bits per heavy atom. The van der Waals surface area contributed by atoms with Crippen molar-refractivity contribution in [3.63, 3.8) is 0 Å². The number of carbonyl (C=O) groups excluding carboxylic acids is 2. The number of hydrogen-bond acceptors (Lipinski definition) is 6. The molecule has 2 aromatic heterocycles. The highest BCUT2D eigenvalue weighted by Crippen LogP contribution is 2.39. The largest absolute Gasteiger partial charge is 0.457 e. The maximum Gasteiger partial charge on any atom is 0.405 e. The third kappa shape index (κ3) is 2.23. The average molecular weight is 397 g/mol. The third-order valence-corrected chi connectivity index (χ3v) is 5.39. The molecule has 28 heavy (non-hydrogen) atoms. The van der Waals surface area contributed by atoms with Gasteiger partial charge in [0.25, 0.3) is 5.56 Å². The smallest absolute Gasteiger partial charge is 0.405 e. The first-order valence-corrected chi connectivity index (χ1v) is 8.98.